The zero-order valence-corrected chi connectivity index (χ0v) is 21.9. The monoisotopic (exact) mass is 491 g/mol. The van der Waals surface area contributed by atoms with Crippen molar-refractivity contribution in [3.05, 3.63) is 45.1 Å². The van der Waals surface area contributed by atoms with Gasteiger partial charge >= 0.3 is 5.69 Å². The van der Waals surface area contributed by atoms with Gasteiger partial charge in [0, 0.05) is 24.2 Å². The minimum absolute atomic E-state index is 0.00886. The van der Waals surface area contributed by atoms with E-state index in [1.807, 2.05) is 12.1 Å². The van der Waals surface area contributed by atoms with Gasteiger partial charge in [-0.25, -0.2) is 4.79 Å². The number of rotatable bonds is 5. The highest BCUT2D eigenvalue weighted by Gasteiger charge is 2.46. The van der Waals surface area contributed by atoms with E-state index in [0.29, 0.717) is 29.0 Å². The fraction of sp³-hybridized carbons (Fsp3) is 0.700. The summed E-state index contributed by atoms with van der Waals surface area (Å²) in [7, 11) is 0. The molecular weight excluding hydrogens is 450 g/mol. The third kappa shape index (κ3) is 4.19. The fourth-order valence-corrected chi connectivity index (χ4v) is 8.76. The maximum atomic E-state index is 13.7. The number of para-hydroxylation sites is 1. The van der Waals surface area contributed by atoms with Crippen molar-refractivity contribution in [3.63, 3.8) is 0 Å². The number of aromatic nitrogens is 2. The molecule has 4 bridgehead atoms. The van der Waals surface area contributed by atoms with Gasteiger partial charge in [0.05, 0.1) is 17.4 Å². The van der Waals surface area contributed by atoms with Crippen molar-refractivity contribution in [3.8, 4) is 0 Å². The summed E-state index contributed by atoms with van der Waals surface area (Å²) in [6, 6.07) is 8.73. The molecule has 0 spiro atoms. The highest BCUT2D eigenvalue weighted by molar-refractivity contribution is 5.81. The molecule has 2 aliphatic carbocycles. The van der Waals surface area contributed by atoms with Crippen LogP contribution in [0.5, 0.6) is 0 Å². The fourth-order valence-electron chi connectivity index (χ4n) is 8.76. The Kier molecular flexibility index (Phi) is 6.43. The quantitative estimate of drug-likeness (QED) is 0.596. The van der Waals surface area contributed by atoms with Crippen molar-refractivity contribution in [2.75, 3.05) is 0 Å². The number of hydrogen-bond donors (Lipinski definition) is 0. The Hall–Kier alpha value is -2.21. The van der Waals surface area contributed by atoms with Gasteiger partial charge in [-0.05, 0) is 94.6 Å². The molecule has 0 amide bonds. The molecule has 1 aromatic heterocycles. The Morgan fingerprint density at radius 2 is 1.53 bits per heavy atom. The second-order valence-corrected chi connectivity index (χ2v) is 12.4. The van der Waals surface area contributed by atoms with Crippen LogP contribution in [0.3, 0.4) is 0 Å². The molecule has 7 atom stereocenters. The van der Waals surface area contributed by atoms with Gasteiger partial charge in [-0.2, -0.15) is 0 Å². The van der Waals surface area contributed by atoms with Crippen molar-refractivity contribution < 1.29 is 4.79 Å². The van der Waals surface area contributed by atoms with Crippen molar-refractivity contribution in [2.24, 2.45) is 17.8 Å². The van der Waals surface area contributed by atoms with Gasteiger partial charge in [-0.1, -0.05) is 31.9 Å². The molecule has 6 heteroatoms. The summed E-state index contributed by atoms with van der Waals surface area (Å²) < 4.78 is 3.04. The van der Waals surface area contributed by atoms with Crippen LogP contribution in [0.15, 0.2) is 33.9 Å². The highest BCUT2D eigenvalue weighted by atomic mass is 16.2. The smallest absolute Gasteiger partial charge is 0.298 e. The molecule has 6 nitrogen and oxygen atoms in total. The molecule has 3 unspecified atom stereocenters. The van der Waals surface area contributed by atoms with E-state index >= 15 is 0 Å². The Balaban J connectivity index is 1.31. The lowest BCUT2D eigenvalue weighted by Gasteiger charge is -2.55. The highest BCUT2D eigenvalue weighted by Crippen LogP contribution is 2.48. The van der Waals surface area contributed by atoms with Crippen LogP contribution in [0.4, 0.5) is 0 Å². The zero-order valence-electron chi connectivity index (χ0n) is 21.9. The summed E-state index contributed by atoms with van der Waals surface area (Å²) in [5.41, 5.74) is 0.0590. The number of fused-ring (bicyclic) bond motifs is 5. The third-order valence-corrected chi connectivity index (χ3v) is 10.0. The molecule has 0 N–H and O–H groups in total. The second kappa shape index (κ2) is 9.59. The molecule has 2 aromatic rings. The van der Waals surface area contributed by atoms with Gasteiger partial charge in [-0.3, -0.25) is 23.6 Å². The van der Waals surface area contributed by atoms with Crippen molar-refractivity contribution >= 4 is 16.7 Å². The minimum Gasteiger partial charge on any atom is -0.298 e. The van der Waals surface area contributed by atoms with Crippen molar-refractivity contribution in [1.82, 2.24) is 14.0 Å². The van der Waals surface area contributed by atoms with Crippen LogP contribution in [-0.2, 0) is 11.3 Å². The third-order valence-electron chi connectivity index (χ3n) is 10.0. The molecule has 36 heavy (non-hydrogen) atoms. The van der Waals surface area contributed by atoms with Gasteiger partial charge in [0.15, 0.2) is 0 Å². The number of hydrogen-bond acceptors (Lipinski definition) is 4. The molecular formula is C30H41N3O3. The van der Waals surface area contributed by atoms with E-state index in [4.69, 9.17) is 0 Å². The molecule has 6 rings (SSSR count). The Morgan fingerprint density at radius 1 is 0.861 bits per heavy atom. The number of ketones is 1. The predicted octanol–water partition coefficient (Wildman–Crippen LogP) is 4.92. The van der Waals surface area contributed by atoms with Crippen LogP contribution >= 0.6 is 0 Å². The van der Waals surface area contributed by atoms with Crippen molar-refractivity contribution in [2.45, 2.75) is 115 Å². The zero-order chi connectivity index (χ0) is 25.0. The summed E-state index contributed by atoms with van der Waals surface area (Å²) in [5, 5.41) is 0.538. The minimum atomic E-state index is -0.316. The number of nitrogens with zero attached hydrogens (tertiary/aromatic N) is 3. The first-order chi connectivity index (χ1) is 17.4. The largest absolute Gasteiger partial charge is 0.332 e. The van der Waals surface area contributed by atoms with Crippen LogP contribution in [0.2, 0.25) is 0 Å². The van der Waals surface area contributed by atoms with Crippen molar-refractivity contribution in [1.29, 1.82) is 0 Å². The summed E-state index contributed by atoms with van der Waals surface area (Å²) in [6.07, 6.45) is 13.6. The van der Waals surface area contributed by atoms with Crippen LogP contribution in [0, 0.1) is 17.8 Å². The lowest BCUT2D eigenvalue weighted by molar-refractivity contribution is -0.117. The Morgan fingerprint density at radius 3 is 2.17 bits per heavy atom. The average Bonchev–Trinajstić information content (AvgIpc) is 2.85. The molecule has 2 saturated carbocycles. The lowest BCUT2D eigenvalue weighted by atomic mass is 9.64. The SMILES string of the molecule is CCC1C[C@@H]2CC(N3[C@@H]4CCC[C@H]3CC(n3c(=O)c5ccccc5n(CC(C)=O)c3=O)C4)C[C@H](C1)C2. The summed E-state index contributed by atoms with van der Waals surface area (Å²) >= 11 is 0. The molecule has 1 aromatic carbocycles. The normalized spacial score (nSPS) is 34.6. The maximum absolute atomic E-state index is 13.7. The average molecular weight is 492 g/mol. The first-order valence-electron chi connectivity index (χ1n) is 14.4. The lowest BCUT2D eigenvalue weighted by Crippen LogP contribution is -2.59. The molecule has 2 aliphatic heterocycles. The van der Waals surface area contributed by atoms with E-state index < -0.39 is 0 Å². The summed E-state index contributed by atoms with van der Waals surface area (Å²) in [6.45, 7) is 3.87. The Labute approximate surface area is 213 Å². The molecule has 194 valence electrons. The molecule has 2 saturated heterocycles. The molecule has 0 radical (unpaired) electrons. The predicted molar refractivity (Wildman–Crippen MR) is 142 cm³/mol. The van der Waals surface area contributed by atoms with E-state index in [1.165, 1.54) is 73.8 Å². The van der Waals surface area contributed by atoms with E-state index in [9.17, 15) is 14.4 Å². The van der Waals surface area contributed by atoms with Crippen LogP contribution in [-0.4, -0.2) is 37.9 Å². The molecule has 4 aliphatic rings. The number of carbonyl (C=O) groups excluding carboxylic acids is 1. The van der Waals surface area contributed by atoms with E-state index in [0.717, 1.165) is 30.6 Å². The van der Waals surface area contributed by atoms with E-state index in [2.05, 4.69) is 11.8 Å². The van der Waals surface area contributed by atoms with Gasteiger partial charge in [0.1, 0.15) is 5.78 Å². The van der Waals surface area contributed by atoms with Gasteiger partial charge in [0.2, 0.25) is 0 Å². The van der Waals surface area contributed by atoms with Crippen LogP contribution < -0.4 is 11.2 Å². The number of carbonyl (C=O) groups is 1. The standard InChI is InChI=1S/C30H41N3O3/c1-3-20-11-21-13-22(12-20)15-25(14-21)32-23-7-6-8-24(32)17-26(16-23)33-29(35)27-9-4-5-10-28(27)31(30(33)36)18-19(2)34/h4-5,9-10,20-26H,3,6-8,11-18H2,1-2H3/t20?,21-,22+,23-,24+,25?,26?. The number of piperidine rings is 2. The Bertz CT molecular complexity index is 1230. The van der Waals surface area contributed by atoms with E-state index in [-0.39, 0.29) is 29.6 Å². The molecule has 3 heterocycles. The topological polar surface area (TPSA) is 64.3 Å². The molecule has 4 fully saturated rings. The van der Waals surface area contributed by atoms with Crippen LogP contribution in [0.25, 0.3) is 10.9 Å². The first-order valence-corrected chi connectivity index (χ1v) is 14.4. The maximum Gasteiger partial charge on any atom is 0.332 e. The van der Waals surface area contributed by atoms with Gasteiger partial charge in [-0.15, -0.1) is 0 Å². The van der Waals surface area contributed by atoms with E-state index in [1.54, 1.807) is 12.1 Å². The summed E-state index contributed by atoms with van der Waals surface area (Å²) in [5.74, 6) is 2.62. The second-order valence-electron chi connectivity index (χ2n) is 12.4. The number of benzene rings is 1. The van der Waals surface area contributed by atoms with Crippen LogP contribution in [0.1, 0.15) is 90.5 Å². The summed E-state index contributed by atoms with van der Waals surface area (Å²) in [4.78, 5) is 42.2. The van der Waals surface area contributed by atoms with Gasteiger partial charge < -0.3 is 0 Å². The first kappa shape index (κ1) is 24.1. The number of Topliss-reactive ketones (excluding diaryl/α,β-unsaturated/α-hetero) is 1. The van der Waals surface area contributed by atoms with Gasteiger partial charge in [0.25, 0.3) is 5.56 Å².